The number of carbonyl (C=O) groups excluding carboxylic acids is 2. The monoisotopic (exact) mass is 386 g/mol. The first-order valence-electron chi connectivity index (χ1n) is 9.16. The predicted molar refractivity (Wildman–Crippen MR) is 106 cm³/mol. The van der Waals surface area contributed by atoms with E-state index in [1.54, 1.807) is 29.2 Å². The summed E-state index contributed by atoms with van der Waals surface area (Å²) in [4.78, 5) is 26.9. The van der Waals surface area contributed by atoms with Crippen LogP contribution in [0.15, 0.2) is 48.5 Å². The van der Waals surface area contributed by atoms with Crippen LogP contribution in [0.25, 0.3) is 0 Å². The molecule has 0 unspecified atom stereocenters. The number of benzene rings is 2. The quantitative estimate of drug-likeness (QED) is 0.836. The highest BCUT2D eigenvalue weighted by Gasteiger charge is 2.28. The number of likely N-dealkylation sites (tertiary alicyclic amines) is 1. The molecule has 1 saturated heterocycles. The Bertz CT molecular complexity index is 799. The van der Waals surface area contributed by atoms with Gasteiger partial charge in [-0.1, -0.05) is 23.7 Å². The van der Waals surface area contributed by atoms with Crippen molar-refractivity contribution >= 4 is 29.1 Å². The van der Waals surface area contributed by atoms with Gasteiger partial charge in [-0.3, -0.25) is 9.59 Å². The van der Waals surface area contributed by atoms with Crippen LogP contribution in [0.3, 0.4) is 0 Å². The lowest BCUT2D eigenvalue weighted by molar-refractivity contribution is -0.121. The van der Waals surface area contributed by atoms with Gasteiger partial charge in [0.15, 0.2) is 0 Å². The number of hydrogen-bond donors (Lipinski definition) is 1. The number of nitrogens with zero attached hydrogens (tertiary/aromatic N) is 1. The molecule has 3 rings (SSSR count). The third kappa shape index (κ3) is 4.80. The average Bonchev–Trinajstić information content (AvgIpc) is 2.70. The van der Waals surface area contributed by atoms with Crippen molar-refractivity contribution in [2.45, 2.75) is 19.8 Å². The molecule has 142 valence electrons. The van der Waals surface area contributed by atoms with E-state index >= 15 is 0 Å². The van der Waals surface area contributed by atoms with Gasteiger partial charge in [0.1, 0.15) is 5.75 Å². The van der Waals surface area contributed by atoms with E-state index in [0.29, 0.717) is 43.1 Å². The summed E-state index contributed by atoms with van der Waals surface area (Å²) in [5.74, 6) is 0.587. The van der Waals surface area contributed by atoms with Crippen LogP contribution in [0.1, 0.15) is 30.1 Å². The molecule has 1 fully saturated rings. The first-order valence-corrected chi connectivity index (χ1v) is 9.54. The summed E-state index contributed by atoms with van der Waals surface area (Å²) in [5, 5.41) is 3.40. The van der Waals surface area contributed by atoms with E-state index in [-0.39, 0.29) is 17.7 Å². The summed E-state index contributed by atoms with van der Waals surface area (Å²) in [6.07, 6.45) is 1.28. The van der Waals surface area contributed by atoms with Crippen LogP contribution >= 0.6 is 11.6 Å². The van der Waals surface area contributed by atoms with E-state index < -0.39 is 0 Å². The normalized spacial score (nSPS) is 14.7. The second-order valence-corrected chi connectivity index (χ2v) is 6.90. The van der Waals surface area contributed by atoms with Crippen molar-refractivity contribution in [1.29, 1.82) is 0 Å². The number of amides is 2. The molecule has 0 atom stereocenters. The van der Waals surface area contributed by atoms with Crippen LogP contribution in [0, 0.1) is 5.92 Å². The Morgan fingerprint density at radius 3 is 2.41 bits per heavy atom. The second kappa shape index (κ2) is 8.91. The molecule has 1 aliphatic rings. The maximum Gasteiger partial charge on any atom is 0.255 e. The number of hydrogen-bond acceptors (Lipinski definition) is 3. The second-order valence-electron chi connectivity index (χ2n) is 6.49. The summed E-state index contributed by atoms with van der Waals surface area (Å²) in [7, 11) is 0. The molecule has 0 spiro atoms. The fourth-order valence-corrected chi connectivity index (χ4v) is 3.41. The third-order valence-electron chi connectivity index (χ3n) is 4.69. The molecule has 5 nitrogen and oxygen atoms in total. The number of nitrogens with one attached hydrogen (secondary N) is 1. The van der Waals surface area contributed by atoms with Gasteiger partial charge in [0.25, 0.3) is 5.91 Å². The smallest absolute Gasteiger partial charge is 0.255 e. The topological polar surface area (TPSA) is 58.6 Å². The van der Waals surface area contributed by atoms with Crippen LogP contribution < -0.4 is 10.1 Å². The molecule has 0 aliphatic carbocycles. The minimum atomic E-state index is -0.105. The molecular weight excluding hydrogens is 364 g/mol. The number of halogens is 1. The van der Waals surface area contributed by atoms with Gasteiger partial charge in [-0.15, -0.1) is 0 Å². The Labute approximate surface area is 164 Å². The molecule has 2 aromatic rings. The highest BCUT2D eigenvalue weighted by molar-refractivity contribution is 6.33. The Morgan fingerprint density at radius 1 is 1.11 bits per heavy atom. The predicted octanol–water partition coefficient (Wildman–Crippen LogP) is 4.23. The molecule has 0 aromatic heterocycles. The number of rotatable bonds is 5. The van der Waals surface area contributed by atoms with Crippen molar-refractivity contribution in [3.63, 3.8) is 0 Å². The summed E-state index contributed by atoms with van der Waals surface area (Å²) >= 11 is 6.12. The van der Waals surface area contributed by atoms with Gasteiger partial charge in [-0.2, -0.15) is 0 Å². The van der Waals surface area contributed by atoms with Crippen LogP contribution in [-0.2, 0) is 4.79 Å². The van der Waals surface area contributed by atoms with Crippen molar-refractivity contribution in [2.24, 2.45) is 5.92 Å². The Hall–Kier alpha value is -2.53. The zero-order valence-corrected chi connectivity index (χ0v) is 16.0. The largest absolute Gasteiger partial charge is 0.494 e. The first kappa shape index (κ1) is 19.2. The van der Waals surface area contributed by atoms with Gasteiger partial charge in [-0.05, 0) is 56.2 Å². The number of ether oxygens (including phenoxy) is 1. The molecule has 0 radical (unpaired) electrons. The van der Waals surface area contributed by atoms with E-state index in [1.165, 1.54) is 0 Å². The molecule has 1 N–H and O–H groups in total. The highest BCUT2D eigenvalue weighted by Crippen LogP contribution is 2.24. The number of piperidine rings is 1. The molecule has 1 aliphatic heterocycles. The van der Waals surface area contributed by atoms with E-state index in [1.807, 2.05) is 31.2 Å². The highest BCUT2D eigenvalue weighted by atomic mass is 35.5. The van der Waals surface area contributed by atoms with Gasteiger partial charge in [-0.25, -0.2) is 0 Å². The summed E-state index contributed by atoms with van der Waals surface area (Å²) in [6, 6.07) is 14.4. The molecule has 1 heterocycles. The lowest BCUT2D eigenvalue weighted by Gasteiger charge is -2.31. The molecule has 6 heteroatoms. The third-order valence-corrected chi connectivity index (χ3v) is 5.02. The summed E-state index contributed by atoms with van der Waals surface area (Å²) in [5.41, 5.74) is 1.26. The average molecular weight is 387 g/mol. The van der Waals surface area contributed by atoms with Gasteiger partial charge in [0, 0.05) is 24.7 Å². The van der Waals surface area contributed by atoms with Gasteiger partial charge in [0.2, 0.25) is 5.91 Å². The van der Waals surface area contributed by atoms with Crippen molar-refractivity contribution in [3.05, 3.63) is 59.1 Å². The van der Waals surface area contributed by atoms with Gasteiger partial charge >= 0.3 is 0 Å². The zero-order chi connectivity index (χ0) is 19.2. The SMILES string of the molecule is CCOc1ccc(NC(=O)C2CCN(C(=O)c3ccccc3Cl)CC2)cc1. The fraction of sp³-hybridized carbons (Fsp3) is 0.333. The Morgan fingerprint density at radius 2 is 1.78 bits per heavy atom. The lowest BCUT2D eigenvalue weighted by Crippen LogP contribution is -2.41. The molecule has 2 aromatic carbocycles. The molecular formula is C21H23ClN2O3. The van der Waals surface area contributed by atoms with E-state index in [4.69, 9.17) is 16.3 Å². The summed E-state index contributed by atoms with van der Waals surface area (Å²) < 4.78 is 5.40. The lowest BCUT2D eigenvalue weighted by atomic mass is 9.95. The summed E-state index contributed by atoms with van der Waals surface area (Å²) in [6.45, 7) is 3.63. The molecule has 2 amide bonds. The van der Waals surface area contributed by atoms with Crippen molar-refractivity contribution < 1.29 is 14.3 Å². The van der Waals surface area contributed by atoms with Crippen LogP contribution in [0.4, 0.5) is 5.69 Å². The van der Waals surface area contributed by atoms with Gasteiger partial charge < -0.3 is 15.0 Å². The van der Waals surface area contributed by atoms with Crippen LogP contribution in [0.2, 0.25) is 5.02 Å². The van der Waals surface area contributed by atoms with Crippen molar-refractivity contribution in [3.8, 4) is 5.75 Å². The van der Waals surface area contributed by atoms with E-state index in [0.717, 1.165) is 11.4 Å². The molecule has 0 saturated carbocycles. The maximum atomic E-state index is 12.6. The minimum absolute atomic E-state index is 0.0102. The van der Waals surface area contributed by atoms with Crippen molar-refractivity contribution in [2.75, 3.05) is 25.0 Å². The Kier molecular flexibility index (Phi) is 6.35. The Balaban J connectivity index is 1.53. The minimum Gasteiger partial charge on any atom is -0.494 e. The maximum absolute atomic E-state index is 12.6. The van der Waals surface area contributed by atoms with E-state index in [2.05, 4.69) is 5.32 Å². The number of carbonyl (C=O) groups is 2. The standard InChI is InChI=1S/C21H23ClN2O3/c1-2-27-17-9-7-16(8-10-17)23-20(25)15-11-13-24(14-12-15)21(26)18-5-3-4-6-19(18)22/h3-10,15H,2,11-14H2,1H3,(H,23,25). The molecule has 27 heavy (non-hydrogen) atoms. The van der Waals surface area contributed by atoms with Crippen LogP contribution in [0.5, 0.6) is 5.75 Å². The molecule has 0 bridgehead atoms. The number of anilines is 1. The fourth-order valence-electron chi connectivity index (χ4n) is 3.20. The van der Waals surface area contributed by atoms with Crippen molar-refractivity contribution in [1.82, 2.24) is 4.90 Å². The van der Waals surface area contributed by atoms with E-state index in [9.17, 15) is 9.59 Å². The first-order chi connectivity index (χ1) is 13.1. The zero-order valence-electron chi connectivity index (χ0n) is 15.3. The van der Waals surface area contributed by atoms with Gasteiger partial charge in [0.05, 0.1) is 17.2 Å². The van der Waals surface area contributed by atoms with Crippen LogP contribution in [-0.4, -0.2) is 36.4 Å².